The molecule has 1 N–H and O–H groups in total. The molecule has 78 valence electrons. The molecular weight excluding hydrogens is 160 g/mol. The highest BCUT2D eigenvalue weighted by atomic mass is 15.2. The average Bonchev–Trinajstić information content (AvgIpc) is 2.21. The fourth-order valence-corrected chi connectivity index (χ4v) is 2.36. The predicted molar refractivity (Wildman–Crippen MR) is 58.0 cm³/mol. The normalized spacial score (nSPS) is 21.2. The van der Waals surface area contributed by atoms with Crippen LogP contribution in [0.2, 0.25) is 0 Å². The maximum atomic E-state index is 3.37. The summed E-state index contributed by atoms with van der Waals surface area (Å²) < 4.78 is 0. The van der Waals surface area contributed by atoms with Gasteiger partial charge in [-0.05, 0) is 45.8 Å². The Hall–Kier alpha value is -0.0800. The van der Waals surface area contributed by atoms with E-state index in [9.17, 15) is 0 Å². The van der Waals surface area contributed by atoms with Gasteiger partial charge in [0.15, 0.2) is 0 Å². The van der Waals surface area contributed by atoms with Crippen molar-refractivity contribution in [2.45, 2.75) is 51.6 Å². The Bertz CT molecular complexity index is 124. The molecule has 0 aliphatic carbocycles. The fraction of sp³-hybridized carbons (Fsp3) is 1.00. The first-order valence-electron chi connectivity index (χ1n) is 5.73. The van der Waals surface area contributed by atoms with Crippen LogP contribution in [-0.2, 0) is 0 Å². The van der Waals surface area contributed by atoms with Crippen LogP contribution in [0.3, 0.4) is 0 Å². The second-order valence-corrected chi connectivity index (χ2v) is 4.07. The van der Waals surface area contributed by atoms with Gasteiger partial charge in [0.05, 0.1) is 0 Å². The fourth-order valence-electron chi connectivity index (χ4n) is 2.36. The topological polar surface area (TPSA) is 15.3 Å². The standard InChI is InChI=1S/C11H24N2/c1-4-11(5-2)13-8-6-10(12-3)7-9-13/h10-12H,4-9H2,1-3H3. The molecule has 0 atom stereocenters. The van der Waals surface area contributed by atoms with Gasteiger partial charge in [0.25, 0.3) is 0 Å². The third kappa shape index (κ3) is 2.96. The summed E-state index contributed by atoms with van der Waals surface area (Å²) in [6.07, 6.45) is 5.27. The number of nitrogens with zero attached hydrogens (tertiary/aromatic N) is 1. The molecule has 0 radical (unpaired) electrons. The van der Waals surface area contributed by atoms with Crippen molar-refractivity contribution in [1.29, 1.82) is 0 Å². The molecule has 0 amide bonds. The van der Waals surface area contributed by atoms with Crippen LogP contribution in [0, 0.1) is 0 Å². The highest BCUT2D eigenvalue weighted by Crippen LogP contribution is 2.16. The van der Waals surface area contributed by atoms with Crippen LogP contribution in [0.15, 0.2) is 0 Å². The number of likely N-dealkylation sites (tertiary alicyclic amines) is 1. The van der Waals surface area contributed by atoms with Crippen LogP contribution < -0.4 is 5.32 Å². The van der Waals surface area contributed by atoms with Crippen LogP contribution in [0.4, 0.5) is 0 Å². The zero-order valence-electron chi connectivity index (χ0n) is 9.34. The number of hydrogen-bond donors (Lipinski definition) is 1. The SMILES string of the molecule is CCC(CC)N1CCC(NC)CC1. The van der Waals surface area contributed by atoms with Crippen LogP contribution in [-0.4, -0.2) is 37.1 Å². The minimum Gasteiger partial charge on any atom is -0.317 e. The van der Waals surface area contributed by atoms with Gasteiger partial charge in [-0.15, -0.1) is 0 Å². The summed E-state index contributed by atoms with van der Waals surface area (Å²) in [5.41, 5.74) is 0. The lowest BCUT2D eigenvalue weighted by Crippen LogP contribution is -2.45. The van der Waals surface area contributed by atoms with Gasteiger partial charge < -0.3 is 10.2 Å². The largest absolute Gasteiger partial charge is 0.317 e. The molecule has 0 unspecified atom stereocenters. The van der Waals surface area contributed by atoms with Gasteiger partial charge in [-0.25, -0.2) is 0 Å². The summed E-state index contributed by atoms with van der Waals surface area (Å²) in [5.74, 6) is 0. The van der Waals surface area contributed by atoms with Gasteiger partial charge in [0, 0.05) is 12.1 Å². The maximum absolute atomic E-state index is 3.37. The van der Waals surface area contributed by atoms with E-state index >= 15 is 0 Å². The summed E-state index contributed by atoms with van der Waals surface area (Å²) in [5, 5.41) is 3.37. The first-order chi connectivity index (χ1) is 6.31. The number of piperidine rings is 1. The lowest BCUT2D eigenvalue weighted by atomic mass is 10.0. The van der Waals surface area contributed by atoms with Crippen molar-refractivity contribution in [3.8, 4) is 0 Å². The van der Waals surface area contributed by atoms with E-state index in [1.54, 1.807) is 0 Å². The van der Waals surface area contributed by atoms with E-state index in [1.165, 1.54) is 38.8 Å². The molecule has 0 bridgehead atoms. The van der Waals surface area contributed by atoms with E-state index in [0.29, 0.717) is 0 Å². The first kappa shape index (κ1) is 11.0. The second kappa shape index (κ2) is 5.61. The smallest absolute Gasteiger partial charge is 0.00900 e. The van der Waals surface area contributed by atoms with E-state index in [2.05, 4.69) is 31.1 Å². The Kier molecular flexibility index (Phi) is 4.74. The molecule has 1 saturated heterocycles. The molecule has 0 aromatic carbocycles. The van der Waals surface area contributed by atoms with Crippen LogP contribution in [0.5, 0.6) is 0 Å². The van der Waals surface area contributed by atoms with Gasteiger partial charge >= 0.3 is 0 Å². The van der Waals surface area contributed by atoms with E-state index in [0.717, 1.165) is 12.1 Å². The van der Waals surface area contributed by atoms with Crippen LogP contribution in [0.1, 0.15) is 39.5 Å². The third-order valence-electron chi connectivity index (χ3n) is 3.40. The number of nitrogens with one attached hydrogen (secondary N) is 1. The molecular formula is C11H24N2. The lowest BCUT2D eigenvalue weighted by molar-refractivity contribution is 0.138. The van der Waals surface area contributed by atoms with Crippen LogP contribution in [0.25, 0.3) is 0 Å². The summed E-state index contributed by atoms with van der Waals surface area (Å²) in [4.78, 5) is 2.66. The molecule has 1 heterocycles. The van der Waals surface area contributed by atoms with Crippen LogP contribution >= 0.6 is 0 Å². The molecule has 2 nitrogen and oxygen atoms in total. The first-order valence-corrected chi connectivity index (χ1v) is 5.73. The monoisotopic (exact) mass is 184 g/mol. The molecule has 2 heteroatoms. The molecule has 1 aliphatic rings. The van der Waals surface area contributed by atoms with Crippen molar-refractivity contribution >= 4 is 0 Å². The van der Waals surface area contributed by atoms with E-state index in [-0.39, 0.29) is 0 Å². The molecule has 1 fully saturated rings. The van der Waals surface area contributed by atoms with Gasteiger partial charge in [-0.1, -0.05) is 13.8 Å². The summed E-state index contributed by atoms with van der Waals surface area (Å²) in [6.45, 7) is 7.19. The average molecular weight is 184 g/mol. The van der Waals surface area contributed by atoms with Gasteiger partial charge in [0.2, 0.25) is 0 Å². The predicted octanol–water partition coefficient (Wildman–Crippen LogP) is 1.86. The Morgan fingerprint density at radius 1 is 1.23 bits per heavy atom. The van der Waals surface area contributed by atoms with Gasteiger partial charge in [-0.3, -0.25) is 0 Å². The zero-order valence-corrected chi connectivity index (χ0v) is 9.34. The lowest BCUT2D eigenvalue weighted by Gasteiger charge is -2.36. The molecule has 13 heavy (non-hydrogen) atoms. The Morgan fingerprint density at radius 2 is 1.77 bits per heavy atom. The minimum atomic E-state index is 0.769. The number of hydrogen-bond acceptors (Lipinski definition) is 2. The van der Waals surface area contributed by atoms with Crippen molar-refractivity contribution in [1.82, 2.24) is 10.2 Å². The van der Waals surface area contributed by atoms with E-state index in [1.807, 2.05) is 0 Å². The van der Waals surface area contributed by atoms with Crippen molar-refractivity contribution in [2.75, 3.05) is 20.1 Å². The molecule has 0 saturated carbocycles. The summed E-state index contributed by atoms with van der Waals surface area (Å²) in [7, 11) is 2.08. The Morgan fingerprint density at radius 3 is 2.15 bits per heavy atom. The minimum absolute atomic E-state index is 0.769. The summed E-state index contributed by atoms with van der Waals surface area (Å²) >= 11 is 0. The van der Waals surface area contributed by atoms with E-state index in [4.69, 9.17) is 0 Å². The Balaban J connectivity index is 2.30. The van der Waals surface area contributed by atoms with Crippen molar-refractivity contribution in [3.05, 3.63) is 0 Å². The molecule has 1 aliphatic heterocycles. The maximum Gasteiger partial charge on any atom is 0.00900 e. The van der Waals surface area contributed by atoms with Crippen molar-refractivity contribution in [3.63, 3.8) is 0 Å². The van der Waals surface area contributed by atoms with Gasteiger partial charge in [-0.2, -0.15) is 0 Å². The molecule has 1 rings (SSSR count). The highest BCUT2D eigenvalue weighted by molar-refractivity contribution is 4.79. The highest BCUT2D eigenvalue weighted by Gasteiger charge is 2.21. The molecule has 0 aromatic heterocycles. The second-order valence-electron chi connectivity index (χ2n) is 4.07. The molecule has 0 aromatic rings. The van der Waals surface area contributed by atoms with Crippen molar-refractivity contribution in [2.24, 2.45) is 0 Å². The van der Waals surface area contributed by atoms with Gasteiger partial charge in [0.1, 0.15) is 0 Å². The zero-order chi connectivity index (χ0) is 9.68. The Labute approximate surface area is 82.7 Å². The molecule has 0 spiro atoms. The third-order valence-corrected chi connectivity index (χ3v) is 3.40. The quantitative estimate of drug-likeness (QED) is 0.717. The summed E-state index contributed by atoms with van der Waals surface area (Å²) in [6, 6.07) is 1.60. The van der Waals surface area contributed by atoms with Crippen molar-refractivity contribution < 1.29 is 0 Å². The van der Waals surface area contributed by atoms with E-state index < -0.39 is 0 Å². The number of rotatable bonds is 4.